The lowest BCUT2D eigenvalue weighted by atomic mass is 10.2. The summed E-state index contributed by atoms with van der Waals surface area (Å²) in [6.45, 7) is 1.52. The second-order valence-electron chi connectivity index (χ2n) is 4.97. The first-order valence-corrected chi connectivity index (χ1v) is 7.24. The summed E-state index contributed by atoms with van der Waals surface area (Å²) in [6, 6.07) is 2.36. The summed E-state index contributed by atoms with van der Waals surface area (Å²) in [6.07, 6.45) is 1.89. The molecule has 0 radical (unpaired) electrons. The van der Waals surface area contributed by atoms with E-state index in [1.165, 1.54) is 6.07 Å². The van der Waals surface area contributed by atoms with Crippen molar-refractivity contribution in [2.75, 3.05) is 6.61 Å². The summed E-state index contributed by atoms with van der Waals surface area (Å²) in [7, 11) is 0. The molecule has 0 saturated heterocycles. The highest BCUT2D eigenvalue weighted by molar-refractivity contribution is 9.10. The molecule has 2 N–H and O–H groups in total. The zero-order chi connectivity index (χ0) is 15.6. The number of rotatable bonds is 7. The third kappa shape index (κ3) is 4.15. The number of nitro benzene ring substituents is 1. The molecule has 21 heavy (non-hydrogen) atoms. The summed E-state index contributed by atoms with van der Waals surface area (Å²) in [5.74, 6) is -0.925. The molecule has 1 fully saturated rings. The number of halogens is 1. The smallest absolute Gasteiger partial charge is 0.324 e. The number of carboxylic acid groups (broad SMARTS) is 1. The lowest BCUT2D eigenvalue weighted by Crippen LogP contribution is -2.42. The van der Waals surface area contributed by atoms with E-state index in [1.807, 2.05) is 0 Å². The Morgan fingerprint density at radius 2 is 2.29 bits per heavy atom. The quantitative estimate of drug-likeness (QED) is 0.572. The molecule has 8 heteroatoms. The van der Waals surface area contributed by atoms with Crippen LogP contribution in [0.3, 0.4) is 0 Å². The molecule has 7 nitrogen and oxygen atoms in total. The molecule has 114 valence electrons. The Morgan fingerprint density at radius 3 is 2.81 bits per heavy atom. The van der Waals surface area contributed by atoms with Gasteiger partial charge in [-0.2, -0.15) is 0 Å². The number of carbonyl (C=O) groups is 1. The van der Waals surface area contributed by atoms with Gasteiger partial charge in [-0.25, -0.2) is 0 Å². The number of benzene rings is 1. The van der Waals surface area contributed by atoms with Crippen LogP contribution in [-0.2, 0) is 4.79 Å². The highest BCUT2D eigenvalue weighted by Gasteiger charge is 2.29. The van der Waals surface area contributed by atoms with Gasteiger partial charge in [0.25, 0.3) is 0 Å². The fourth-order valence-corrected chi connectivity index (χ4v) is 2.49. The van der Waals surface area contributed by atoms with Gasteiger partial charge in [-0.15, -0.1) is 0 Å². The predicted octanol–water partition coefficient (Wildman–Crippen LogP) is 2.25. The molecule has 0 aromatic heterocycles. The number of aryl methyl sites for hydroxylation is 1. The Hall–Kier alpha value is -1.67. The molecule has 0 aliphatic heterocycles. The van der Waals surface area contributed by atoms with E-state index in [0.29, 0.717) is 10.0 Å². The number of aliphatic carboxylic acids is 1. The standard InChI is InChI=1S/C13H15BrN2O5/c1-7-4-8(14)5-11(16(19)20)12(7)21-6-10(13(17)18)15-9-2-3-9/h4-5,9-10,15H,2-3,6H2,1H3,(H,17,18). The van der Waals surface area contributed by atoms with Crippen LogP contribution >= 0.6 is 15.9 Å². The van der Waals surface area contributed by atoms with Gasteiger partial charge < -0.3 is 9.84 Å². The van der Waals surface area contributed by atoms with Crippen LogP contribution in [-0.4, -0.2) is 34.7 Å². The molecule has 0 heterocycles. The van der Waals surface area contributed by atoms with Gasteiger partial charge in [0, 0.05) is 16.6 Å². The largest absolute Gasteiger partial charge is 0.484 e. The van der Waals surface area contributed by atoms with Gasteiger partial charge in [-0.3, -0.25) is 20.2 Å². The monoisotopic (exact) mass is 358 g/mol. The highest BCUT2D eigenvalue weighted by atomic mass is 79.9. The van der Waals surface area contributed by atoms with Gasteiger partial charge in [-0.1, -0.05) is 15.9 Å². The van der Waals surface area contributed by atoms with Crippen molar-refractivity contribution >= 4 is 27.6 Å². The lowest BCUT2D eigenvalue weighted by molar-refractivity contribution is -0.386. The highest BCUT2D eigenvalue weighted by Crippen LogP contribution is 2.34. The number of hydrogen-bond donors (Lipinski definition) is 2. The molecular weight excluding hydrogens is 344 g/mol. The third-order valence-corrected chi connectivity index (χ3v) is 3.58. The molecule has 1 atom stereocenters. The van der Waals surface area contributed by atoms with Crippen LogP contribution in [0.1, 0.15) is 18.4 Å². The molecule has 0 bridgehead atoms. The maximum absolute atomic E-state index is 11.2. The molecule has 0 amide bonds. The SMILES string of the molecule is Cc1cc(Br)cc([N+](=O)[O-])c1OCC(NC1CC1)C(=O)O. The summed E-state index contributed by atoms with van der Waals surface area (Å²) < 4.78 is 6.00. The molecule has 1 aliphatic carbocycles. The first kappa shape index (κ1) is 15.7. The van der Waals surface area contributed by atoms with Crippen molar-refractivity contribution in [1.29, 1.82) is 0 Å². The van der Waals surface area contributed by atoms with E-state index in [9.17, 15) is 14.9 Å². The Balaban J connectivity index is 2.14. The second kappa shape index (κ2) is 6.40. The maximum Gasteiger partial charge on any atom is 0.324 e. The molecule has 1 aromatic carbocycles. The van der Waals surface area contributed by atoms with Crippen LogP contribution in [0, 0.1) is 17.0 Å². The molecule has 1 aromatic rings. The van der Waals surface area contributed by atoms with E-state index in [0.717, 1.165) is 12.8 Å². The Bertz CT molecular complexity index is 574. The lowest BCUT2D eigenvalue weighted by Gasteiger charge is -2.16. The van der Waals surface area contributed by atoms with Crippen LogP contribution in [0.5, 0.6) is 5.75 Å². The zero-order valence-electron chi connectivity index (χ0n) is 11.3. The minimum Gasteiger partial charge on any atom is -0.484 e. The second-order valence-corrected chi connectivity index (χ2v) is 5.89. The summed E-state index contributed by atoms with van der Waals surface area (Å²) >= 11 is 3.19. The van der Waals surface area contributed by atoms with Gasteiger partial charge in [0.2, 0.25) is 0 Å². The van der Waals surface area contributed by atoms with Crippen LogP contribution < -0.4 is 10.1 Å². The van der Waals surface area contributed by atoms with Crippen molar-refractivity contribution < 1.29 is 19.6 Å². The van der Waals surface area contributed by atoms with E-state index in [4.69, 9.17) is 9.84 Å². The van der Waals surface area contributed by atoms with Crippen LogP contribution in [0.4, 0.5) is 5.69 Å². The van der Waals surface area contributed by atoms with E-state index in [1.54, 1.807) is 13.0 Å². The van der Waals surface area contributed by atoms with Gasteiger partial charge in [0.05, 0.1) is 4.92 Å². The number of hydrogen-bond acceptors (Lipinski definition) is 5. The molecule has 0 spiro atoms. The maximum atomic E-state index is 11.2. The zero-order valence-corrected chi connectivity index (χ0v) is 12.9. The van der Waals surface area contributed by atoms with Crippen LogP contribution in [0.15, 0.2) is 16.6 Å². The van der Waals surface area contributed by atoms with E-state index in [-0.39, 0.29) is 24.1 Å². The topological polar surface area (TPSA) is 102 Å². The van der Waals surface area contributed by atoms with Crippen molar-refractivity contribution in [2.24, 2.45) is 0 Å². The minimum absolute atomic E-state index is 0.104. The Morgan fingerprint density at radius 1 is 1.62 bits per heavy atom. The van der Waals surface area contributed by atoms with Crippen molar-refractivity contribution in [3.63, 3.8) is 0 Å². The van der Waals surface area contributed by atoms with Crippen LogP contribution in [0.2, 0.25) is 0 Å². The molecule has 2 rings (SSSR count). The fourth-order valence-electron chi connectivity index (χ4n) is 1.93. The molecule has 1 saturated carbocycles. The number of carboxylic acids is 1. The summed E-state index contributed by atoms with van der Waals surface area (Å²) in [5.41, 5.74) is 0.393. The molecule has 1 unspecified atom stereocenters. The third-order valence-electron chi connectivity index (χ3n) is 3.12. The normalized spacial score (nSPS) is 15.5. The van der Waals surface area contributed by atoms with Crippen molar-refractivity contribution in [3.05, 3.63) is 32.3 Å². The van der Waals surface area contributed by atoms with E-state index >= 15 is 0 Å². The minimum atomic E-state index is -1.03. The van der Waals surface area contributed by atoms with Crippen molar-refractivity contribution in [2.45, 2.75) is 31.8 Å². The van der Waals surface area contributed by atoms with Gasteiger partial charge in [0.15, 0.2) is 5.75 Å². The van der Waals surface area contributed by atoms with Crippen molar-refractivity contribution in [1.82, 2.24) is 5.32 Å². The average molecular weight is 359 g/mol. The Labute approximate surface area is 129 Å². The van der Waals surface area contributed by atoms with Crippen molar-refractivity contribution in [3.8, 4) is 5.75 Å². The summed E-state index contributed by atoms with van der Waals surface area (Å²) in [5, 5.41) is 23.1. The summed E-state index contributed by atoms with van der Waals surface area (Å²) in [4.78, 5) is 21.7. The fraction of sp³-hybridized carbons (Fsp3) is 0.462. The van der Waals surface area contributed by atoms with Gasteiger partial charge >= 0.3 is 11.7 Å². The van der Waals surface area contributed by atoms with Gasteiger partial charge in [0.1, 0.15) is 12.6 Å². The molecular formula is C13H15BrN2O5. The van der Waals surface area contributed by atoms with E-state index < -0.39 is 16.9 Å². The molecule has 1 aliphatic rings. The average Bonchev–Trinajstić information content (AvgIpc) is 3.18. The first-order chi connectivity index (χ1) is 9.88. The van der Waals surface area contributed by atoms with Crippen LogP contribution in [0.25, 0.3) is 0 Å². The Kier molecular flexibility index (Phi) is 4.79. The first-order valence-electron chi connectivity index (χ1n) is 6.44. The number of nitrogens with one attached hydrogen (secondary N) is 1. The van der Waals surface area contributed by atoms with Gasteiger partial charge in [-0.05, 0) is 31.4 Å². The van der Waals surface area contributed by atoms with E-state index in [2.05, 4.69) is 21.2 Å². The number of ether oxygens (including phenoxy) is 1. The number of nitro groups is 1. The predicted molar refractivity (Wildman–Crippen MR) is 78.6 cm³/mol. The number of nitrogens with zero attached hydrogens (tertiary/aromatic N) is 1.